The first-order valence-electron chi connectivity index (χ1n) is 9.39. The van der Waals surface area contributed by atoms with Crippen molar-refractivity contribution in [1.29, 1.82) is 0 Å². The molecule has 2 aliphatic heterocycles. The van der Waals surface area contributed by atoms with Crippen LogP contribution in [0.1, 0.15) is 22.4 Å². The van der Waals surface area contributed by atoms with Gasteiger partial charge in [0.25, 0.3) is 0 Å². The molecule has 0 aliphatic carbocycles. The molecule has 4 rings (SSSR count). The van der Waals surface area contributed by atoms with Crippen LogP contribution in [0.4, 0.5) is 19.0 Å². The van der Waals surface area contributed by atoms with Gasteiger partial charge in [-0.3, -0.25) is 4.90 Å². The third kappa shape index (κ3) is 4.69. The smallest absolute Gasteiger partial charge is 0.353 e. The van der Waals surface area contributed by atoms with Gasteiger partial charge in [0.2, 0.25) is 0 Å². The molecule has 1 saturated heterocycles. The van der Waals surface area contributed by atoms with Gasteiger partial charge in [0.05, 0.1) is 22.8 Å². The van der Waals surface area contributed by atoms with Gasteiger partial charge in [0.15, 0.2) is 15.7 Å². The predicted octanol–water partition coefficient (Wildman–Crippen LogP) is 2.29. The van der Waals surface area contributed by atoms with E-state index in [1.54, 1.807) is 6.07 Å². The number of aryl methyl sites for hydroxylation is 1. The van der Waals surface area contributed by atoms with E-state index in [1.165, 1.54) is 12.1 Å². The highest BCUT2D eigenvalue weighted by molar-refractivity contribution is 7.90. The van der Waals surface area contributed by atoms with Gasteiger partial charge >= 0.3 is 6.18 Å². The summed E-state index contributed by atoms with van der Waals surface area (Å²) in [7, 11) is -3.08. The monoisotopic (exact) mass is 426 g/mol. The molecular formula is C19H21F3N4O2S. The van der Waals surface area contributed by atoms with Gasteiger partial charge in [-0.05, 0) is 23.3 Å². The zero-order chi connectivity index (χ0) is 20.6. The van der Waals surface area contributed by atoms with E-state index in [2.05, 4.69) is 15.1 Å². The largest absolute Gasteiger partial charge is 0.416 e. The van der Waals surface area contributed by atoms with Gasteiger partial charge in [-0.2, -0.15) is 18.3 Å². The van der Waals surface area contributed by atoms with Crippen LogP contribution in [0.25, 0.3) is 0 Å². The lowest BCUT2D eigenvalue weighted by Gasteiger charge is -2.35. The Morgan fingerprint density at radius 3 is 2.52 bits per heavy atom. The Labute approximate surface area is 167 Å². The molecule has 2 aromatic rings. The first kappa shape index (κ1) is 20.1. The number of nitrogens with zero attached hydrogens (tertiary/aromatic N) is 4. The summed E-state index contributed by atoms with van der Waals surface area (Å²) in [5.41, 5.74) is 1.46. The Balaban J connectivity index is 1.39. The first-order valence-corrected chi connectivity index (χ1v) is 11.2. The van der Waals surface area contributed by atoms with E-state index in [-0.39, 0.29) is 11.5 Å². The van der Waals surface area contributed by atoms with Crippen LogP contribution in [0.2, 0.25) is 0 Å². The Morgan fingerprint density at radius 1 is 1.03 bits per heavy atom. The Hall–Kier alpha value is -2.20. The van der Waals surface area contributed by atoms with Crippen LogP contribution in [0.5, 0.6) is 0 Å². The minimum atomic E-state index is -4.34. The molecule has 0 spiro atoms. The maximum atomic E-state index is 12.9. The van der Waals surface area contributed by atoms with E-state index in [1.807, 2.05) is 11.0 Å². The number of aromatic nitrogens is 2. The molecule has 0 amide bonds. The SMILES string of the molecule is O=S1(=O)CCc2nnc(N3CCN(Cc4cccc(C(F)(F)F)c4)CC3)cc2C1. The summed E-state index contributed by atoms with van der Waals surface area (Å²) < 4.78 is 62.4. The molecule has 0 N–H and O–H groups in total. The highest BCUT2D eigenvalue weighted by atomic mass is 32.2. The van der Waals surface area contributed by atoms with Crippen LogP contribution < -0.4 is 4.90 Å². The zero-order valence-corrected chi connectivity index (χ0v) is 16.5. The summed E-state index contributed by atoms with van der Waals surface area (Å²) in [5.74, 6) is 0.766. The van der Waals surface area contributed by atoms with Crippen LogP contribution >= 0.6 is 0 Å². The first-order chi connectivity index (χ1) is 13.7. The number of halogens is 3. The van der Waals surface area contributed by atoms with Crippen LogP contribution in [0, 0.1) is 0 Å². The Kier molecular flexibility index (Phi) is 5.24. The lowest BCUT2D eigenvalue weighted by atomic mass is 10.1. The molecular weight excluding hydrogens is 405 g/mol. The standard InChI is InChI=1S/C19H21F3N4O2S/c20-19(21,22)16-3-1-2-14(10-16)12-25-5-7-26(8-6-25)18-11-15-13-29(27,28)9-4-17(15)23-24-18/h1-3,10-11H,4-9,12-13H2. The number of anilines is 1. The van der Waals surface area contributed by atoms with Crippen LogP contribution in [0.15, 0.2) is 30.3 Å². The number of piperazine rings is 1. The van der Waals surface area contributed by atoms with E-state index in [0.29, 0.717) is 56.1 Å². The molecule has 2 aliphatic rings. The highest BCUT2D eigenvalue weighted by Crippen LogP contribution is 2.30. The minimum absolute atomic E-state index is 0.000361. The number of benzene rings is 1. The van der Waals surface area contributed by atoms with Crippen molar-refractivity contribution in [1.82, 2.24) is 15.1 Å². The molecule has 156 valence electrons. The van der Waals surface area contributed by atoms with Crippen molar-refractivity contribution in [2.75, 3.05) is 36.8 Å². The number of rotatable bonds is 3. The van der Waals surface area contributed by atoms with Crippen molar-refractivity contribution in [3.8, 4) is 0 Å². The zero-order valence-electron chi connectivity index (χ0n) is 15.7. The molecule has 6 nitrogen and oxygen atoms in total. The summed E-state index contributed by atoms with van der Waals surface area (Å²) in [4.78, 5) is 4.14. The maximum absolute atomic E-state index is 12.9. The summed E-state index contributed by atoms with van der Waals surface area (Å²) >= 11 is 0. The summed E-state index contributed by atoms with van der Waals surface area (Å²) in [5, 5.41) is 8.45. The molecule has 0 atom stereocenters. The van der Waals surface area contributed by atoms with Crippen molar-refractivity contribution in [2.45, 2.75) is 24.9 Å². The second-order valence-electron chi connectivity index (χ2n) is 7.48. The minimum Gasteiger partial charge on any atom is -0.353 e. The van der Waals surface area contributed by atoms with Gasteiger partial charge in [-0.25, -0.2) is 8.42 Å². The number of sulfone groups is 1. The summed E-state index contributed by atoms with van der Waals surface area (Å²) in [6.45, 7) is 3.10. The van der Waals surface area contributed by atoms with Gasteiger partial charge in [-0.15, -0.1) is 5.10 Å². The molecule has 1 aromatic carbocycles. The lowest BCUT2D eigenvalue weighted by molar-refractivity contribution is -0.137. The summed E-state index contributed by atoms with van der Waals surface area (Å²) in [6, 6.07) is 7.22. The molecule has 3 heterocycles. The highest BCUT2D eigenvalue weighted by Gasteiger charge is 2.30. The fourth-order valence-corrected chi connectivity index (χ4v) is 5.11. The molecule has 0 saturated carbocycles. The van der Waals surface area contributed by atoms with Gasteiger partial charge in [-0.1, -0.05) is 18.2 Å². The molecule has 10 heteroatoms. The van der Waals surface area contributed by atoms with Crippen molar-refractivity contribution in [3.05, 3.63) is 52.7 Å². The van der Waals surface area contributed by atoms with Crippen molar-refractivity contribution < 1.29 is 21.6 Å². The third-order valence-corrected chi connectivity index (χ3v) is 6.91. The molecule has 1 fully saturated rings. The van der Waals surface area contributed by atoms with E-state index >= 15 is 0 Å². The predicted molar refractivity (Wildman–Crippen MR) is 102 cm³/mol. The number of fused-ring (bicyclic) bond motifs is 1. The van der Waals surface area contributed by atoms with E-state index < -0.39 is 21.6 Å². The van der Waals surface area contributed by atoms with Crippen molar-refractivity contribution in [3.63, 3.8) is 0 Å². The quantitative estimate of drug-likeness (QED) is 0.750. The molecule has 1 aromatic heterocycles. The van der Waals surface area contributed by atoms with Crippen LogP contribution in [-0.2, 0) is 34.7 Å². The average molecular weight is 426 g/mol. The molecule has 29 heavy (non-hydrogen) atoms. The fourth-order valence-electron chi connectivity index (χ4n) is 3.73. The number of hydrogen-bond donors (Lipinski definition) is 0. The molecule has 0 unspecified atom stereocenters. The average Bonchev–Trinajstić information content (AvgIpc) is 2.67. The van der Waals surface area contributed by atoms with Crippen molar-refractivity contribution in [2.24, 2.45) is 0 Å². The lowest BCUT2D eigenvalue weighted by Crippen LogP contribution is -2.46. The summed E-state index contributed by atoms with van der Waals surface area (Å²) in [6.07, 6.45) is -3.94. The normalized spacial score (nSPS) is 19.8. The van der Waals surface area contributed by atoms with E-state index in [4.69, 9.17) is 0 Å². The van der Waals surface area contributed by atoms with Crippen LogP contribution in [0.3, 0.4) is 0 Å². The number of alkyl halides is 3. The van der Waals surface area contributed by atoms with E-state index in [0.717, 1.165) is 11.8 Å². The van der Waals surface area contributed by atoms with Crippen LogP contribution in [-0.4, -0.2) is 55.4 Å². The third-order valence-electron chi connectivity index (χ3n) is 5.33. The van der Waals surface area contributed by atoms with E-state index in [9.17, 15) is 21.6 Å². The van der Waals surface area contributed by atoms with Gasteiger partial charge in [0.1, 0.15) is 0 Å². The van der Waals surface area contributed by atoms with Crippen molar-refractivity contribution >= 4 is 15.7 Å². The van der Waals surface area contributed by atoms with Gasteiger partial charge in [0, 0.05) is 39.1 Å². The maximum Gasteiger partial charge on any atom is 0.416 e. The molecule has 0 bridgehead atoms. The van der Waals surface area contributed by atoms with Gasteiger partial charge < -0.3 is 4.90 Å². The Morgan fingerprint density at radius 2 is 1.79 bits per heavy atom. The fraction of sp³-hybridized carbons (Fsp3) is 0.474. The topological polar surface area (TPSA) is 66.4 Å². The number of hydrogen-bond acceptors (Lipinski definition) is 6. The molecule has 0 radical (unpaired) electrons. The second-order valence-corrected chi connectivity index (χ2v) is 9.66. The Bertz CT molecular complexity index is 1000. The second kappa shape index (κ2) is 7.56.